The smallest absolute Gasteiger partial charge is 0.255 e. The first-order valence-corrected chi connectivity index (χ1v) is 9.99. The lowest BCUT2D eigenvalue weighted by molar-refractivity contribution is 0.0954. The first-order valence-electron chi connectivity index (χ1n) is 8.71. The van der Waals surface area contributed by atoms with Gasteiger partial charge in [-0.3, -0.25) is 9.89 Å². The molecular weight excluding hydrogens is 392 g/mol. The molecule has 0 aliphatic heterocycles. The van der Waals surface area contributed by atoms with Crippen LogP contribution in [0.2, 0.25) is 0 Å². The Balaban J connectivity index is 1.57. The number of carbonyl (C=O) groups excluding carboxylic acids is 1. The SMILES string of the molecule is Cn1c(CCNC(=O)c2cn(-c3ccccc3)nc2-c2cccs2)n[nH]c1=S. The largest absolute Gasteiger partial charge is 0.351 e. The van der Waals surface area contributed by atoms with E-state index >= 15 is 0 Å². The van der Waals surface area contributed by atoms with Crippen LogP contribution in [-0.4, -0.2) is 37.0 Å². The number of amides is 1. The summed E-state index contributed by atoms with van der Waals surface area (Å²) < 4.78 is 4.10. The van der Waals surface area contributed by atoms with E-state index in [9.17, 15) is 4.79 Å². The molecule has 0 spiro atoms. The number of thiophene rings is 1. The van der Waals surface area contributed by atoms with Crippen LogP contribution < -0.4 is 5.32 Å². The summed E-state index contributed by atoms with van der Waals surface area (Å²) in [4.78, 5) is 13.8. The second-order valence-electron chi connectivity index (χ2n) is 6.16. The van der Waals surface area contributed by atoms with Gasteiger partial charge >= 0.3 is 0 Å². The quantitative estimate of drug-likeness (QED) is 0.478. The van der Waals surface area contributed by atoms with Gasteiger partial charge in [-0.25, -0.2) is 4.68 Å². The van der Waals surface area contributed by atoms with Crippen LogP contribution >= 0.6 is 23.6 Å². The lowest BCUT2D eigenvalue weighted by Gasteiger charge is -2.04. The first kappa shape index (κ1) is 18.3. The number of benzene rings is 1. The molecule has 0 aliphatic rings. The molecule has 2 N–H and O–H groups in total. The highest BCUT2D eigenvalue weighted by atomic mass is 32.1. The van der Waals surface area contributed by atoms with Crippen molar-refractivity contribution < 1.29 is 4.79 Å². The predicted molar refractivity (Wildman–Crippen MR) is 111 cm³/mol. The summed E-state index contributed by atoms with van der Waals surface area (Å²) in [6.07, 6.45) is 2.35. The summed E-state index contributed by atoms with van der Waals surface area (Å²) in [5.74, 6) is 0.631. The van der Waals surface area contributed by atoms with Gasteiger partial charge in [0.1, 0.15) is 11.5 Å². The number of carbonyl (C=O) groups is 1. The summed E-state index contributed by atoms with van der Waals surface area (Å²) in [7, 11) is 1.85. The lowest BCUT2D eigenvalue weighted by Crippen LogP contribution is -2.26. The Kier molecular flexibility index (Phi) is 5.18. The van der Waals surface area contributed by atoms with Crippen LogP contribution in [-0.2, 0) is 13.5 Å². The molecule has 1 aromatic carbocycles. The van der Waals surface area contributed by atoms with Crippen LogP contribution in [0, 0.1) is 4.77 Å². The molecule has 1 amide bonds. The molecule has 28 heavy (non-hydrogen) atoms. The Bertz CT molecular complexity index is 1140. The van der Waals surface area contributed by atoms with Crippen LogP contribution in [0.4, 0.5) is 0 Å². The Hall–Kier alpha value is -3.04. The fourth-order valence-electron chi connectivity index (χ4n) is 2.83. The van der Waals surface area contributed by atoms with Crippen molar-refractivity contribution in [2.45, 2.75) is 6.42 Å². The lowest BCUT2D eigenvalue weighted by atomic mass is 10.2. The molecule has 7 nitrogen and oxygen atoms in total. The van der Waals surface area contributed by atoms with E-state index in [2.05, 4.69) is 20.6 Å². The van der Waals surface area contributed by atoms with Crippen LogP contribution in [0.3, 0.4) is 0 Å². The molecule has 4 aromatic rings. The van der Waals surface area contributed by atoms with Gasteiger partial charge in [-0.1, -0.05) is 24.3 Å². The number of nitrogens with zero attached hydrogens (tertiary/aromatic N) is 4. The standard InChI is InChI=1S/C19H18N6OS2/c1-24-16(21-22-19(24)27)9-10-20-18(26)14-12-25(13-6-3-2-4-7-13)23-17(14)15-8-5-11-28-15/h2-8,11-12H,9-10H2,1H3,(H,20,26)(H,22,27). The maximum Gasteiger partial charge on any atom is 0.255 e. The van der Waals surface area contributed by atoms with E-state index < -0.39 is 0 Å². The number of hydrogen-bond acceptors (Lipinski definition) is 5. The second kappa shape index (κ2) is 7.91. The zero-order valence-electron chi connectivity index (χ0n) is 15.1. The van der Waals surface area contributed by atoms with Crippen molar-refractivity contribution in [3.05, 3.63) is 70.2 Å². The van der Waals surface area contributed by atoms with Crippen molar-refractivity contribution in [3.63, 3.8) is 0 Å². The van der Waals surface area contributed by atoms with Crippen LogP contribution in [0.1, 0.15) is 16.2 Å². The summed E-state index contributed by atoms with van der Waals surface area (Å²) in [5, 5.41) is 16.5. The highest BCUT2D eigenvalue weighted by Gasteiger charge is 2.19. The topological polar surface area (TPSA) is 80.5 Å². The Morgan fingerprint density at radius 1 is 1.25 bits per heavy atom. The Morgan fingerprint density at radius 2 is 2.07 bits per heavy atom. The minimum atomic E-state index is -0.164. The number of aromatic nitrogens is 5. The van der Waals surface area contributed by atoms with Gasteiger partial charge in [0.15, 0.2) is 4.77 Å². The number of H-pyrrole nitrogens is 1. The molecule has 0 radical (unpaired) electrons. The van der Waals surface area contributed by atoms with Crippen molar-refractivity contribution in [1.29, 1.82) is 0 Å². The number of para-hydroxylation sites is 1. The average Bonchev–Trinajstić information content (AvgIpc) is 3.45. The molecule has 4 rings (SSSR count). The van der Waals surface area contributed by atoms with Crippen molar-refractivity contribution in [2.75, 3.05) is 6.54 Å². The molecule has 0 bridgehead atoms. The second-order valence-corrected chi connectivity index (χ2v) is 7.49. The Morgan fingerprint density at radius 3 is 2.75 bits per heavy atom. The van der Waals surface area contributed by atoms with Crippen molar-refractivity contribution in [3.8, 4) is 16.3 Å². The van der Waals surface area contributed by atoms with E-state index in [0.29, 0.717) is 29.0 Å². The fourth-order valence-corrected chi connectivity index (χ4v) is 3.71. The fraction of sp³-hybridized carbons (Fsp3) is 0.158. The highest BCUT2D eigenvalue weighted by Crippen LogP contribution is 2.27. The molecule has 3 aromatic heterocycles. The number of aromatic amines is 1. The van der Waals surface area contributed by atoms with Crippen LogP contribution in [0.15, 0.2) is 54.0 Å². The van der Waals surface area contributed by atoms with E-state index in [1.54, 1.807) is 26.8 Å². The van der Waals surface area contributed by atoms with Crippen molar-refractivity contribution in [1.82, 2.24) is 29.9 Å². The highest BCUT2D eigenvalue weighted by molar-refractivity contribution is 7.71. The van der Waals surface area contributed by atoms with Crippen molar-refractivity contribution in [2.24, 2.45) is 7.05 Å². The summed E-state index contributed by atoms with van der Waals surface area (Å²) in [6, 6.07) is 13.7. The molecule has 3 heterocycles. The molecule has 0 unspecified atom stereocenters. The van der Waals surface area contributed by atoms with Gasteiger partial charge in [0, 0.05) is 26.2 Å². The van der Waals surface area contributed by atoms with Crippen LogP contribution in [0.5, 0.6) is 0 Å². The third-order valence-corrected chi connectivity index (χ3v) is 5.58. The van der Waals surface area contributed by atoms with Gasteiger partial charge < -0.3 is 9.88 Å². The third-order valence-electron chi connectivity index (χ3n) is 4.34. The number of hydrogen-bond donors (Lipinski definition) is 2. The zero-order valence-corrected chi connectivity index (χ0v) is 16.8. The van der Waals surface area contributed by atoms with Gasteiger partial charge in [-0.2, -0.15) is 10.2 Å². The van der Waals surface area contributed by atoms with Crippen molar-refractivity contribution >= 4 is 29.5 Å². The van der Waals surface area contributed by atoms with Crippen LogP contribution in [0.25, 0.3) is 16.3 Å². The average molecular weight is 411 g/mol. The summed E-state index contributed by atoms with van der Waals surface area (Å²) in [5.41, 5.74) is 2.12. The van der Waals surface area contributed by atoms with E-state index in [-0.39, 0.29) is 5.91 Å². The van der Waals surface area contributed by atoms with Gasteiger partial charge in [-0.05, 0) is 35.8 Å². The monoisotopic (exact) mass is 410 g/mol. The molecule has 0 fully saturated rings. The molecule has 0 saturated carbocycles. The minimum absolute atomic E-state index is 0.164. The molecule has 0 saturated heterocycles. The molecule has 142 valence electrons. The van der Waals surface area contributed by atoms with E-state index in [1.807, 2.05) is 54.9 Å². The molecule has 9 heteroatoms. The first-order chi connectivity index (χ1) is 13.6. The number of nitrogens with one attached hydrogen (secondary N) is 2. The number of rotatable bonds is 6. The summed E-state index contributed by atoms with van der Waals surface area (Å²) >= 11 is 6.67. The molecule has 0 atom stereocenters. The van der Waals surface area contributed by atoms with E-state index in [4.69, 9.17) is 12.2 Å². The van der Waals surface area contributed by atoms with Gasteiger partial charge in [0.2, 0.25) is 0 Å². The van der Waals surface area contributed by atoms with E-state index in [0.717, 1.165) is 16.4 Å². The summed E-state index contributed by atoms with van der Waals surface area (Å²) in [6.45, 7) is 0.451. The minimum Gasteiger partial charge on any atom is -0.351 e. The normalized spacial score (nSPS) is 10.9. The maximum atomic E-state index is 12.9. The molecule has 0 aliphatic carbocycles. The van der Waals surface area contributed by atoms with Gasteiger partial charge in [0.25, 0.3) is 5.91 Å². The maximum absolute atomic E-state index is 12.9. The Labute approximate surface area is 170 Å². The predicted octanol–water partition coefficient (Wildman–Crippen LogP) is 3.36. The zero-order chi connectivity index (χ0) is 19.5. The van der Waals surface area contributed by atoms with Gasteiger partial charge in [-0.15, -0.1) is 11.3 Å². The van der Waals surface area contributed by atoms with E-state index in [1.165, 1.54) is 0 Å². The third kappa shape index (κ3) is 3.67. The van der Waals surface area contributed by atoms with Gasteiger partial charge in [0.05, 0.1) is 16.1 Å². The molecular formula is C19H18N6OS2.